The van der Waals surface area contributed by atoms with Crippen molar-refractivity contribution in [1.82, 2.24) is 24.8 Å². The van der Waals surface area contributed by atoms with E-state index in [0.717, 1.165) is 29.6 Å². The lowest BCUT2D eigenvalue weighted by atomic mass is 9.93. The van der Waals surface area contributed by atoms with E-state index in [9.17, 15) is 9.59 Å². The Morgan fingerprint density at radius 1 is 1.23 bits per heavy atom. The van der Waals surface area contributed by atoms with E-state index in [1.807, 2.05) is 37.9 Å². The molecule has 2 N–H and O–H groups in total. The zero-order valence-electron chi connectivity index (χ0n) is 18.1. The predicted octanol–water partition coefficient (Wildman–Crippen LogP) is -0.321. The molecule has 0 aromatic carbocycles. The molecular weight excluding hydrogens is 393 g/mol. The van der Waals surface area contributed by atoms with Gasteiger partial charge < -0.3 is 25.0 Å². The monoisotopic (exact) mass is 419 g/mol. The minimum Gasteiger partial charge on any atom is -0.368 e. The number of nitrogens with one attached hydrogen (secondary N) is 2. The minimum absolute atomic E-state index is 0.146. The average molecular weight is 419 g/mol. The standard InChI is InChI=1S/C21H26BN7O2/c1-27(2)13-17(30)28-6-8-29(9-7-28)19-15(22)11-24-20-18(19)16(12-25-20)26-21(31)14-4-3-5-23-10-14/h3-5,10-12H,6-9,13,22H2,1-2H3,(H,24,25)(H,26,31). The Kier molecular flexibility index (Phi) is 5.90. The van der Waals surface area contributed by atoms with Crippen molar-refractivity contribution < 1.29 is 9.59 Å². The molecule has 10 heteroatoms. The van der Waals surface area contributed by atoms with Crippen LogP contribution in [0.15, 0.2) is 36.9 Å². The van der Waals surface area contributed by atoms with E-state index >= 15 is 0 Å². The number of amides is 2. The zero-order chi connectivity index (χ0) is 22.0. The Balaban J connectivity index is 1.59. The molecule has 1 saturated heterocycles. The van der Waals surface area contributed by atoms with Crippen LogP contribution in [0.4, 0.5) is 11.4 Å². The molecule has 3 aromatic heterocycles. The summed E-state index contributed by atoms with van der Waals surface area (Å²) in [5.74, 6) is -0.0760. The van der Waals surface area contributed by atoms with Crippen molar-refractivity contribution in [1.29, 1.82) is 0 Å². The van der Waals surface area contributed by atoms with Gasteiger partial charge in [-0.2, -0.15) is 0 Å². The molecule has 160 valence electrons. The number of carbonyl (C=O) groups is 2. The predicted molar refractivity (Wildman–Crippen MR) is 124 cm³/mol. The Bertz CT molecular complexity index is 1090. The average Bonchev–Trinajstić information content (AvgIpc) is 3.16. The van der Waals surface area contributed by atoms with Gasteiger partial charge in [0.15, 0.2) is 0 Å². The first-order valence-electron chi connectivity index (χ1n) is 10.3. The van der Waals surface area contributed by atoms with Crippen molar-refractivity contribution in [3.05, 3.63) is 42.5 Å². The van der Waals surface area contributed by atoms with Crippen LogP contribution in [0.5, 0.6) is 0 Å². The number of carbonyl (C=O) groups excluding carboxylic acids is 2. The maximum absolute atomic E-state index is 12.7. The van der Waals surface area contributed by atoms with E-state index in [1.54, 1.807) is 30.7 Å². The molecule has 0 radical (unpaired) electrons. The molecule has 1 aliphatic rings. The third-order valence-electron chi connectivity index (χ3n) is 5.43. The van der Waals surface area contributed by atoms with Crippen molar-refractivity contribution in [3.8, 4) is 0 Å². The summed E-state index contributed by atoms with van der Waals surface area (Å²) < 4.78 is 0. The largest absolute Gasteiger partial charge is 0.368 e. The second-order valence-electron chi connectivity index (χ2n) is 8.02. The number of nitrogens with zero attached hydrogens (tertiary/aromatic N) is 5. The number of pyridine rings is 2. The summed E-state index contributed by atoms with van der Waals surface area (Å²) in [6, 6.07) is 3.46. The molecule has 9 nitrogen and oxygen atoms in total. The van der Waals surface area contributed by atoms with Gasteiger partial charge in [-0.1, -0.05) is 0 Å². The molecule has 4 heterocycles. The van der Waals surface area contributed by atoms with Crippen LogP contribution in [0.2, 0.25) is 0 Å². The summed E-state index contributed by atoms with van der Waals surface area (Å²) >= 11 is 0. The number of fused-ring (bicyclic) bond motifs is 1. The van der Waals surface area contributed by atoms with Crippen LogP contribution in [0.25, 0.3) is 11.0 Å². The van der Waals surface area contributed by atoms with Gasteiger partial charge >= 0.3 is 0 Å². The lowest BCUT2D eigenvalue weighted by molar-refractivity contribution is -0.132. The van der Waals surface area contributed by atoms with Crippen LogP contribution in [0, 0.1) is 0 Å². The highest BCUT2D eigenvalue weighted by atomic mass is 16.2. The second kappa shape index (κ2) is 8.77. The van der Waals surface area contributed by atoms with E-state index in [2.05, 4.69) is 25.2 Å². The minimum atomic E-state index is -0.222. The lowest BCUT2D eigenvalue weighted by Crippen LogP contribution is -2.51. The van der Waals surface area contributed by atoms with E-state index in [-0.39, 0.29) is 11.8 Å². The zero-order valence-corrected chi connectivity index (χ0v) is 18.1. The number of hydrogen-bond acceptors (Lipinski definition) is 6. The third-order valence-corrected chi connectivity index (χ3v) is 5.43. The van der Waals surface area contributed by atoms with Gasteiger partial charge in [-0.15, -0.1) is 0 Å². The van der Waals surface area contributed by atoms with E-state index in [0.29, 0.717) is 36.5 Å². The first-order valence-corrected chi connectivity index (χ1v) is 10.3. The van der Waals surface area contributed by atoms with Gasteiger partial charge in [0.05, 0.1) is 23.2 Å². The normalized spacial score (nSPS) is 14.3. The number of likely N-dealkylation sites (N-methyl/N-ethyl adjacent to an activating group) is 1. The molecule has 31 heavy (non-hydrogen) atoms. The Labute approximate surface area is 181 Å². The first kappa shape index (κ1) is 20.9. The van der Waals surface area contributed by atoms with Crippen LogP contribution in [0.3, 0.4) is 0 Å². The molecule has 1 aliphatic heterocycles. The highest BCUT2D eigenvalue weighted by Gasteiger charge is 2.25. The van der Waals surface area contributed by atoms with E-state index in [1.165, 1.54) is 0 Å². The van der Waals surface area contributed by atoms with Gasteiger partial charge in [-0.05, 0) is 31.7 Å². The first-order chi connectivity index (χ1) is 14.9. The van der Waals surface area contributed by atoms with E-state index in [4.69, 9.17) is 0 Å². The second-order valence-corrected chi connectivity index (χ2v) is 8.02. The number of aromatic nitrogens is 3. The van der Waals surface area contributed by atoms with Crippen LogP contribution >= 0.6 is 0 Å². The quantitative estimate of drug-likeness (QED) is 0.551. The smallest absolute Gasteiger partial charge is 0.257 e. The van der Waals surface area contributed by atoms with Crippen LogP contribution in [-0.4, -0.2) is 91.2 Å². The van der Waals surface area contributed by atoms with Crippen molar-refractivity contribution in [2.24, 2.45) is 0 Å². The van der Waals surface area contributed by atoms with Crippen LogP contribution in [0.1, 0.15) is 10.4 Å². The summed E-state index contributed by atoms with van der Waals surface area (Å²) in [4.78, 5) is 42.8. The van der Waals surface area contributed by atoms with Crippen molar-refractivity contribution in [2.45, 2.75) is 0 Å². The van der Waals surface area contributed by atoms with Crippen molar-refractivity contribution >= 4 is 47.5 Å². The van der Waals surface area contributed by atoms with Gasteiger partial charge in [0.2, 0.25) is 5.91 Å². The fourth-order valence-electron chi connectivity index (χ4n) is 3.92. The molecule has 1 fully saturated rings. The summed E-state index contributed by atoms with van der Waals surface area (Å²) in [6.45, 7) is 3.19. The third kappa shape index (κ3) is 4.39. The number of H-pyrrole nitrogens is 1. The number of hydrogen-bond donors (Lipinski definition) is 2. The summed E-state index contributed by atoms with van der Waals surface area (Å²) in [7, 11) is 5.82. The van der Waals surface area contributed by atoms with E-state index < -0.39 is 0 Å². The fourth-order valence-corrected chi connectivity index (χ4v) is 3.92. The maximum atomic E-state index is 12.7. The van der Waals surface area contributed by atoms with Gasteiger partial charge in [0.1, 0.15) is 13.5 Å². The molecular formula is C21H26BN7O2. The summed E-state index contributed by atoms with van der Waals surface area (Å²) in [5, 5.41) is 3.87. The number of aromatic amines is 1. The Morgan fingerprint density at radius 3 is 2.68 bits per heavy atom. The molecule has 0 atom stereocenters. The van der Waals surface area contributed by atoms with Gasteiger partial charge in [-0.25, -0.2) is 4.98 Å². The SMILES string of the molecule is Bc1cnc2[nH]cc(NC(=O)c3cccnc3)c2c1N1CCN(C(=O)CN(C)C)CC1. The number of anilines is 2. The van der Waals surface area contributed by atoms with Crippen molar-refractivity contribution in [2.75, 3.05) is 57.0 Å². The maximum Gasteiger partial charge on any atom is 0.257 e. The molecule has 0 saturated carbocycles. The summed E-state index contributed by atoms with van der Waals surface area (Å²) in [6.07, 6.45) is 6.78. The Hall–Kier alpha value is -3.40. The summed E-state index contributed by atoms with van der Waals surface area (Å²) in [5.41, 5.74) is 3.95. The lowest BCUT2D eigenvalue weighted by Gasteiger charge is -2.37. The number of piperazine rings is 1. The molecule has 4 rings (SSSR count). The number of rotatable bonds is 5. The van der Waals surface area contributed by atoms with Crippen LogP contribution in [-0.2, 0) is 4.79 Å². The molecule has 0 bridgehead atoms. The molecule has 0 spiro atoms. The molecule has 0 unspecified atom stereocenters. The van der Waals surface area contributed by atoms with Crippen LogP contribution < -0.4 is 15.7 Å². The molecule has 3 aromatic rings. The highest BCUT2D eigenvalue weighted by molar-refractivity contribution is 6.38. The van der Waals surface area contributed by atoms with Gasteiger partial charge in [0, 0.05) is 56.7 Å². The topological polar surface area (TPSA) is 97.5 Å². The van der Waals surface area contributed by atoms with Gasteiger partial charge in [0.25, 0.3) is 5.91 Å². The van der Waals surface area contributed by atoms with Gasteiger partial charge in [-0.3, -0.25) is 14.6 Å². The molecule has 2 amide bonds. The Morgan fingerprint density at radius 2 is 2.00 bits per heavy atom. The fraction of sp³-hybridized carbons (Fsp3) is 0.333. The highest BCUT2D eigenvalue weighted by Crippen LogP contribution is 2.31. The molecule has 0 aliphatic carbocycles. The van der Waals surface area contributed by atoms with Crippen molar-refractivity contribution in [3.63, 3.8) is 0 Å².